The van der Waals surface area contributed by atoms with E-state index in [1.165, 1.54) is 57.4 Å². The van der Waals surface area contributed by atoms with Crippen molar-refractivity contribution in [3.05, 3.63) is 12.2 Å². The summed E-state index contributed by atoms with van der Waals surface area (Å²) in [5.41, 5.74) is 0. The third-order valence-corrected chi connectivity index (χ3v) is 3.77. The summed E-state index contributed by atoms with van der Waals surface area (Å²) in [5.74, 6) is -1.54. The zero-order valence-corrected chi connectivity index (χ0v) is 13.8. The molecule has 4 heteroatoms. The molecule has 4 nitrogen and oxygen atoms in total. The lowest BCUT2D eigenvalue weighted by molar-refractivity contribution is -0.137. The molecule has 128 valence electrons. The number of hydrogen-bond acceptors (Lipinski definition) is 2. The molecule has 0 aromatic rings. The van der Waals surface area contributed by atoms with Gasteiger partial charge in [-0.3, -0.25) is 4.79 Å². The largest absolute Gasteiger partial charge is 0.481 e. The summed E-state index contributed by atoms with van der Waals surface area (Å²) in [6.45, 7) is 0. The van der Waals surface area contributed by atoms with Crippen LogP contribution in [0, 0.1) is 0 Å². The summed E-state index contributed by atoms with van der Waals surface area (Å²) < 4.78 is 0. The lowest BCUT2D eigenvalue weighted by Crippen LogP contribution is -1.93. The molecule has 22 heavy (non-hydrogen) atoms. The minimum absolute atomic E-state index is 0.312. The SMILES string of the molecule is O=C(O)/C=C/CCCCCCCCCCCCCCC(=O)O. The standard InChI is InChI=1S/C18H32O4/c19-17(20)15-13-11-9-7-5-3-1-2-4-6-8-10-12-14-16-18(21)22/h13,15H,1-12,14,16H2,(H,19,20)(H,21,22)/b15-13+. The number of carbonyl (C=O) groups is 2. The van der Waals surface area contributed by atoms with Crippen LogP contribution >= 0.6 is 0 Å². The Kier molecular flexibility index (Phi) is 15.1. The molecule has 2 N–H and O–H groups in total. The Hall–Kier alpha value is -1.32. The lowest BCUT2D eigenvalue weighted by Gasteiger charge is -2.02. The Bertz CT molecular complexity index is 310. The van der Waals surface area contributed by atoms with Gasteiger partial charge in [0.1, 0.15) is 0 Å². The van der Waals surface area contributed by atoms with E-state index in [0.29, 0.717) is 6.42 Å². The average molecular weight is 312 g/mol. The topological polar surface area (TPSA) is 74.6 Å². The normalized spacial score (nSPS) is 11.1. The van der Waals surface area contributed by atoms with E-state index in [2.05, 4.69) is 0 Å². The van der Waals surface area contributed by atoms with E-state index in [-0.39, 0.29) is 0 Å². The quantitative estimate of drug-likeness (QED) is 0.304. The van der Waals surface area contributed by atoms with Gasteiger partial charge < -0.3 is 10.2 Å². The van der Waals surface area contributed by atoms with Gasteiger partial charge in [0, 0.05) is 12.5 Å². The summed E-state index contributed by atoms with van der Waals surface area (Å²) in [7, 11) is 0. The maximum Gasteiger partial charge on any atom is 0.327 e. The van der Waals surface area contributed by atoms with Crippen molar-refractivity contribution in [2.75, 3.05) is 0 Å². The Morgan fingerprint density at radius 3 is 1.45 bits per heavy atom. The van der Waals surface area contributed by atoms with Crippen LogP contribution in [0.2, 0.25) is 0 Å². The number of carboxylic acids is 2. The molecule has 0 aliphatic rings. The first-order chi connectivity index (χ1) is 10.6. The molecule has 0 fully saturated rings. The molecular formula is C18H32O4. The Morgan fingerprint density at radius 1 is 0.636 bits per heavy atom. The van der Waals surface area contributed by atoms with Crippen molar-refractivity contribution in [3.8, 4) is 0 Å². The zero-order chi connectivity index (χ0) is 16.5. The van der Waals surface area contributed by atoms with Crippen LogP contribution in [0.5, 0.6) is 0 Å². The number of hydrogen-bond donors (Lipinski definition) is 2. The van der Waals surface area contributed by atoms with Gasteiger partial charge in [-0.05, 0) is 19.3 Å². The van der Waals surface area contributed by atoms with Crippen molar-refractivity contribution < 1.29 is 19.8 Å². The number of rotatable bonds is 16. The molecule has 0 aromatic heterocycles. The van der Waals surface area contributed by atoms with Crippen LogP contribution in [0.3, 0.4) is 0 Å². The molecule has 0 atom stereocenters. The molecule has 0 saturated heterocycles. The van der Waals surface area contributed by atoms with E-state index in [9.17, 15) is 9.59 Å². The molecule has 0 amide bonds. The second kappa shape index (κ2) is 16.1. The number of aliphatic carboxylic acids is 2. The first-order valence-electron chi connectivity index (χ1n) is 8.74. The van der Waals surface area contributed by atoms with Crippen molar-refractivity contribution in [1.29, 1.82) is 0 Å². The van der Waals surface area contributed by atoms with Crippen LogP contribution in [0.1, 0.15) is 89.9 Å². The first kappa shape index (κ1) is 20.7. The van der Waals surface area contributed by atoms with E-state index in [1.54, 1.807) is 6.08 Å². The van der Waals surface area contributed by atoms with Gasteiger partial charge in [-0.15, -0.1) is 0 Å². The van der Waals surface area contributed by atoms with Crippen molar-refractivity contribution in [2.24, 2.45) is 0 Å². The predicted octanol–water partition coefficient (Wildman–Crippen LogP) is 5.17. The molecule has 0 aliphatic carbocycles. The molecule has 0 rings (SSSR count). The van der Waals surface area contributed by atoms with Crippen molar-refractivity contribution in [1.82, 2.24) is 0 Å². The van der Waals surface area contributed by atoms with Gasteiger partial charge in [-0.25, -0.2) is 4.79 Å². The Balaban J connectivity index is 3.05. The smallest absolute Gasteiger partial charge is 0.327 e. The predicted molar refractivity (Wildman–Crippen MR) is 89.0 cm³/mol. The lowest BCUT2D eigenvalue weighted by atomic mass is 10.0. The molecule has 0 aliphatic heterocycles. The minimum Gasteiger partial charge on any atom is -0.481 e. The fraction of sp³-hybridized carbons (Fsp3) is 0.778. The summed E-state index contributed by atoms with van der Waals surface area (Å²) >= 11 is 0. The summed E-state index contributed by atoms with van der Waals surface area (Å²) in [4.78, 5) is 20.6. The molecule has 0 aromatic carbocycles. The molecule has 0 saturated carbocycles. The van der Waals surface area contributed by atoms with E-state index >= 15 is 0 Å². The van der Waals surface area contributed by atoms with Crippen molar-refractivity contribution >= 4 is 11.9 Å². The minimum atomic E-state index is -0.859. The van der Waals surface area contributed by atoms with E-state index < -0.39 is 11.9 Å². The van der Waals surface area contributed by atoms with Crippen LogP contribution in [-0.2, 0) is 9.59 Å². The third kappa shape index (κ3) is 18.7. The Labute approximate surface area is 134 Å². The number of allylic oxidation sites excluding steroid dienone is 1. The van der Waals surface area contributed by atoms with Crippen LogP contribution in [0.15, 0.2) is 12.2 Å². The van der Waals surface area contributed by atoms with Crippen molar-refractivity contribution in [3.63, 3.8) is 0 Å². The summed E-state index contributed by atoms with van der Waals surface area (Å²) in [6, 6.07) is 0. The monoisotopic (exact) mass is 312 g/mol. The fourth-order valence-electron chi connectivity index (χ4n) is 2.49. The van der Waals surface area contributed by atoms with Gasteiger partial charge in [-0.2, -0.15) is 0 Å². The molecule has 0 heterocycles. The van der Waals surface area contributed by atoms with Crippen LogP contribution in [-0.4, -0.2) is 22.2 Å². The molecule has 0 bridgehead atoms. The first-order valence-corrected chi connectivity index (χ1v) is 8.74. The van der Waals surface area contributed by atoms with E-state index in [0.717, 1.165) is 32.1 Å². The third-order valence-electron chi connectivity index (χ3n) is 3.77. The summed E-state index contributed by atoms with van der Waals surface area (Å²) in [5, 5.41) is 16.9. The highest BCUT2D eigenvalue weighted by atomic mass is 16.4. The van der Waals surface area contributed by atoms with E-state index in [1.807, 2.05) is 0 Å². The van der Waals surface area contributed by atoms with Crippen LogP contribution in [0.25, 0.3) is 0 Å². The molecular weight excluding hydrogens is 280 g/mol. The van der Waals surface area contributed by atoms with Gasteiger partial charge in [0.05, 0.1) is 0 Å². The number of unbranched alkanes of at least 4 members (excludes halogenated alkanes) is 12. The maximum atomic E-state index is 10.3. The highest BCUT2D eigenvalue weighted by Gasteiger charge is 1.97. The van der Waals surface area contributed by atoms with Crippen LogP contribution in [0.4, 0.5) is 0 Å². The maximum absolute atomic E-state index is 10.3. The second-order valence-electron chi connectivity index (χ2n) is 5.92. The van der Waals surface area contributed by atoms with Crippen LogP contribution < -0.4 is 0 Å². The summed E-state index contributed by atoms with van der Waals surface area (Å²) in [6.07, 6.45) is 18.4. The van der Waals surface area contributed by atoms with E-state index in [4.69, 9.17) is 10.2 Å². The van der Waals surface area contributed by atoms with Crippen molar-refractivity contribution in [2.45, 2.75) is 89.9 Å². The highest BCUT2D eigenvalue weighted by molar-refractivity contribution is 5.79. The van der Waals surface area contributed by atoms with Gasteiger partial charge in [0.15, 0.2) is 0 Å². The molecule has 0 radical (unpaired) electrons. The second-order valence-corrected chi connectivity index (χ2v) is 5.92. The van der Waals surface area contributed by atoms with Gasteiger partial charge in [0.2, 0.25) is 0 Å². The average Bonchev–Trinajstić information content (AvgIpc) is 2.46. The highest BCUT2D eigenvalue weighted by Crippen LogP contribution is 2.13. The van der Waals surface area contributed by atoms with Gasteiger partial charge >= 0.3 is 11.9 Å². The number of carboxylic acid groups (broad SMARTS) is 2. The fourth-order valence-corrected chi connectivity index (χ4v) is 2.49. The van der Waals surface area contributed by atoms with Gasteiger partial charge in [0.25, 0.3) is 0 Å². The Morgan fingerprint density at radius 2 is 1.05 bits per heavy atom. The van der Waals surface area contributed by atoms with Gasteiger partial charge in [-0.1, -0.05) is 70.3 Å². The molecule has 0 spiro atoms. The molecule has 0 unspecified atom stereocenters. The zero-order valence-electron chi connectivity index (χ0n) is 13.8.